The average molecular weight is 367 g/mol. The molecule has 2 aromatic carbocycles. The Kier molecular flexibility index (Phi) is 5.79. The first-order chi connectivity index (χ1) is 12.9. The number of hydrogen-bond donors (Lipinski definition) is 1. The number of benzene rings is 2. The zero-order valence-electron chi connectivity index (χ0n) is 16.0. The van der Waals surface area contributed by atoms with Crippen LogP contribution in [-0.4, -0.2) is 24.6 Å². The van der Waals surface area contributed by atoms with E-state index < -0.39 is 6.04 Å². The van der Waals surface area contributed by atoms with E-state index in [1.807, 2.05) is 57.2 Å². The lowest BCUT2D eigenvalue weighted by atomic mass is 10.0. The van der Waals surface area contributed by atoms with Crippen molar-refractivity contribution in [1.82, 2.24) is 5.32 Å². The van der Waals surface area contributed by atoms with Crippen molar-refractivity contribution < 1.29 is 19.1 Å². The lowest BCUT2D eigenvalue weighted by Crippen LogP contribution is -2.31. The number of fused-ring (bicyclic) bond motifs is 1. The second kappa shape index (κ2) is 8.25. The molecule has 0 spiro atoms. The number of carbonyl (C=O) groups excluding carboxylic acids is 2. The van der Waals surface area contributed by atoms with E-state index in [9.17, 15) is 9.59 Å². The fourth-order valence-electron chi connectivity index (χ4n) is 3.10. The molecule has 27 heavy (non-hydrogen) atoms. The molecular formula is C22H25NO4. The molecule has 1 heterocycles. The molecule has 0 saturated heterocycles. The topological polar surface area (TPSA) is 64.6 Å². The van der Waals surface area contributed by atoms with Crippen LogP contribution < -0.4 is 10.1 Å². The molecule has 0 saturated carbocycles. The molecule has 2 aromatic rings. The number of aryl methyl sites for hydroxylation is 1. The van der Waals surface area contributed by atoms with Gasteiger partial charge < -0.3 is 14.8 Å². The zero-order chi connectivity index (χ0) is 19.4. The number of esters is 1. The number of ether oxygens (including phenoxy) is 2. The van der Waals surface area contributed by atoms with Gasteiger partial charge in [0.25, 0.3) is 5.91 Å². The summed E-state index contributed by atoms with van der Waals surface area (Å²) < 4.78 is 10.8. The van der Waals surface area contributed by atoms with E-state index in [4.69, 9.17) is 9.47 Å². The van der Waals surface area contributed by atoms with E-state index in [1.54, 1.807) is 6.07 Å². The van der Waals surface area contributed by atoms with Crippen LogP contribution >= 0.6 is 0 Å². The standard InChI is InChI=1S/C22H25NO4/c1-14(2)27-21(24)13-19(16-6-4-15(3)5-7-16)23-22(25)18-8-9-20-17(12-18)10-11-26-20/h4-9,12,14,19H,10-11,13H2,1-3H3,(H,23,25). The fourth-order valence-corrected chi connectivity index (χ4v) is 3.10. The highest BCUT2D eigenvalue weighted by atomic mass is 16.5. The van der Waals surface area contributed by atoms with Crippen molar-refractivity contribution in [3.63, 3.8) is 0 Å². The molecular weight excluding hydrogens is 342 g/mol. The highest BCUT2D eigenvalue weighted by Crippen LogP contribution is 2.26. The van der Waals surface area contributed by atoms with Crippen molar-refractivity contribution in [3.05, 3.63) is 64.7 Å². The molecule has 0 radical (unpaired) electrons. The van der Waals surface area contributed by atoms with Gasteiger partial charge in [-0.1, -0.05) is 29.8 Å². The van der Waals surface area contributed by atoms with Gasteiger partial charge in [0, 0.05) is 12.0 Å². The Balaban J connectivity index is 1.78. The molecule has 5 heteroatoms. The first-order valence-corrected chi connectivity index (χ1v) is 9.25. The highest BCUT2D eigenvalue weighted by molar-refractivity contribution is 5.95. The summed E-state index contributed by atoms with van der Waals surface area (Å²) in [6.07, 6.45) is 0.697. The third-order valence-electron chi connectivity index (χ3n) is 4.47. The highest BCUT2D eigenvalue weighted by Gasteiger charge is 2.22. The minimum atomic E-state index is -0.450. The molecule has 0 aliphatic carbocycles. The van der Waals surface area contributed by atoms with Gasteiger partial charge in [-0.2, -0.15) is 0 Å². The quantitative estimate of drug-likeness (QED) is 0.790. The van der Waals surface area contributed by atoms with Gasteiger partial charge in [-0.25, -0.2) is 0 Å². The van der Waals surface area contributed by atoms with Crippen LogP contribution in [0.15, 0.2) is 42.5 Å². The molecule has 1 aliphatic heterocycles. The van der Waals surface area contributed by atoms with E-state index >= 15 is 0 Å². The smallest absolute Gasteiger partial charge is 0.308 e. The third-order valence-corrected chi connectivity index (χ3v) is 4.47. The summed E-state index contributed by atoms with van der Waals surface area (Å²) in [4.78, 5) is 25.0. The van der Waals surface area contributed by atoms with Gasteiger partial charge in [-0.3, -0.25) is 9.59 Å². The summed E-state index contributed by atoms with van der Waals surface area (Å²) in [6, 6.07) is 12.8. The fraction of sp³-hybridized carbons (Fsp3) is 0.364. The van der Waals surface area contributed by atoms with Crippen LogP contribution in [0.1, 0.15) is 53.4 Å². The van der Waals surface area contributed by atoms with Gasteiger partial charge in [0.2, 0.25) is 0 Å². The van der Waals surface area contributed by atoms with E-state index in [1.165, 1.54) is 0 Å². The number of carbonyl (C=O) groups is 2. The van der Waals surface area contributed by atoms with Gasteiger partial charge in [0.15, 0.2) is 0 Å². The summed E-state index contributed by atoms with van der Waals surface area (Å²) in [7, 11) is 0. The second-order valence-corrected chi connectivity index (χ2v) is 7.10. The summed E-state index contributed by atoms with van der Waals surface area (Å²) in [5, 5.41) is 2.98. The Morgan fingerprint density at radius 1 is 1.15 bits per heavy atom. The first-order valence-electron chi connectivity index (χ1n) is 9.25. The Hall–Kier alpha value is -2.82. The Bertz CT molecular complexity index is 827. The van der Waals surface area contributed by atoms with E-state index in [0.29, 0.717) is 12.2 Å². The van der Waals surface area contributed by atoms with Crippen molar-refractivity contribution in [3.8, 4) is 5.75 Å². The summed E-state index contributed by atoms with van der Waals surface area (Å²) in [5.41, 5.74) is 3.59. The molecule has 1 atom stereocenters. The van der Waals surface area contributed by atoms with Crippen molar-refractivity contribution in [1.29, 1.82) is 0 Å². The normalized spacial score (nSPS) is 13.6. The van der Waals surface area contributed by atoms with Crippen LogP contribution in [0, 0.1) is 6.92 Å². The number of amides is 1. The first kappa shape index (κ1) is 19.0. The van der Waals surface area contributed by atoms with Gasteiger partial charge >= 0.3 is 5.97 Å². The molecule has 142 valence electrons. The molecule has 1 unspecified atom stereocenters. The summed E-state index contributed by atoms with van der Waals surface area (Å²) in [6.45, 7) is 6.26. The van der Waals surface area contributed by atoms with E-state index in [-0.39, 0.29) is 24.4 Å². The molecule has 5 nitrogen and oxygen atoms in total. The maximum absolute atomic E-state index is 12.8. The predicted octanol–water partition coefficient (Wildman–Crippen LogP) is 3.74. The van der Waals surface area contributed by atoms with Gasteiger partial charge in [-0.05, 0) is 50.1 Å². The number of rotatable bonds is 6. The van der Waals surface area contributed by atoms with Crippen molar-refractivity contribution in [2.45, 2.75) is 45.8 Å². The van der Waals surface area contributed by atoms with Crippen LogP contribution in [0.3, 0.4) is 0 Å². The molecule has 3 rings (SSSR count). The van der Waals surface area contributed by atoms with Crippen LogP contribution in [0.2, 0.25) is 0 Å². The lowest BCUT2D eigenvalue weighted by Gasteiger charge is -2.20. The Morgan fingerprint density at radius 2 is 1.89 bits per heavy atom. The molecule has 0 aromatic heterocycles. The largest absolute Gasteiger partial charge is 0.493 e. The van der Waals surface area contributed by atoms with E-state index in [2.05, 4.69) is 5.32 Å². The SMILES string of the molecule is Cc1ccc(C(CC(=O)OC(C)C)NC(=O)c2ccc3c(c2)CCO3)cc1. The van der Waals surface area contributed by atoms with Crippen molar-refractivity contribution in [2.24, 2.45) is 0 Å². The predicted molar refractivity (Wildman–Crippen MR) is 103 cm³/mol. The van der Waals surface area contributed by atoms with Crippen LogP contribution in [0.4, 0.5) is 0 Å². The number of nitrogens with one attached hydrogen (secondary N) is 1. The lowest BCUT2D eigenvalue weighted by molar-refractivity contribution is -0.147. The third kappa shape index (κ3) is 4.88. The van der Waals surface area contributed by atoms with Crippen LogP contribution in [0.5, 0.6) is 5.75 Å². The molecule has 1 N–H and O–H groups in total. The van der Waals surface area contributed by atoms with Crippen molar-refractivity contribution in [2.75, 3.05) is 6.61 Å². The Labute approximate surface area is 159 Å². The second-order valence-electron chi connectivity index (χ2n) is 7.10. The molecule has 1 aliphatic rings. The zero-order valence-corrected chi connectivity index (χ0v) is 16.0. The number of hydrogen-bond acceptors (Lipinski definition) is 4. The molecule has 0 fully saturated rings. The van der Waals surface area contributed by atoms with Crippen LogP contribution in [0.25, 0.3) is 0 Å². The maximum atomic E-state index is 12.8. The van der Waals surface area contributed by atoms with Gasteiger partial charge in [0.05, 0.1) is 25.2 Å². The van der Waals surface area contributed by atoms with Crippen molar-refractivity contribution >= 4 is 11.9 Å². The summed E-state index contributed by atoms with van der Waals surface area (Å²) in [5.74, 6) is 0.285. The van der Waals surface area contributed by atoms with Crippen LogP contribution in [-0.2, 0) is 16.0 Å². The maximum Gasteiger partial charge on any atom is 0.308 e. The monoisotopic (exact) mass is 367 g/mol. The summed E-state index contributed by atoms with van der Waals surface area (Å²) >= 11 is 0. The van der Waals surface area contributed by atoms with Gasteiger partial charge in [0.1, 0.15) is 5.75 Å². The van der Waals surface area contributed by atoms with Gasteiger partial charge in [-0.15, -0.1) is 0 Å². The average Bonchev–Trinajstić information content (AvgIpc) is 3.08. The minimum Gasteiger partial charge on any atom is -0.493 e. The van der Waals surface area contributed by atoms with E-state index in [0.717, 1.165) is 28.9 Å². The minimum absolute atomic E-state index is 0.0844. The molecule has 0 bridgehead atoms. The Morgan fingerprint density at radius 3 is 2.59 bits per heavy atom. The molecule has 1 amide bonds.